The third-order valence-corrected chi connectivity index (χ3v) is 10.2. The van der Waals surface area contributed by atoms with E-state index in [9.17, 15) is 38.4 Å². The number of esters is 2. The number of aromatic nitrogens is 4. The first-order valence-electron chi connectivity index (χ1n) is 23.0. The van der Waals surface area contributed by atoms with E-state index in [0.717, 1.165) is 37.4 Å². The van der Waals surface area contributed by atoms with E-state index in [1.165, 1.54) is 0 Å². The Morgan fingerprint density at radius 1 is 0.563 bits per heavy atom. The van der Waals surface area contributed by atoms with E-state index >= 15 is 17.6 Å². The van der Waals surface area contributed by atoms with Crippen LogP contribution >= 0.6 is 0 Å². The molecule has 0 bridgehead atoms. The Morgan fingerprint density at radius 3 is 1.25 bits per heavy atom. The smallest absolute Gasteiger partial charge is 0.463 e. The number of unbranched alkanes of at least 4 members (excludes halogenated alkanes) is 4. The molecule has 4 rings (SSSR count). The van der Waals surface area contributed by atoms with E-state index in [0.29, 0.717) is 47.7 Å². The van der Waals surface area contributed by atoms with Crippen molar-refractivity contribution in [1.29, 1.82) is 0 Å². The van der Waals surface area contributed by atoms with Crippen LogP contribution in [0.1, 0.15) is 111 Å². The summed E-state index contributed by atoms with van der Waals surface area (Å²) in [6.07, 6.45) is -13.8. The van der Waals surface area contributed by atoms with Crippen molar-refractivity contribution in [1.82, 2.24) is 19.1 Å². The molecule has 0 aliphatic carbocycles. The Hall–Kier alpha value is -6.58. The van der Waals surface area contributed by atoms with Crippen molar-refractivity contribution in [3.63, 3.8) is 0 Å². The van der Waals surface area contributed by atoms with E-state index in [1.54, 1.807) is 13.8 Å². The lowest BCUT2D eigenvalue weighted by atomic mass is 10.1. The van der Waals surface area contributed by atoms with Crippen LogP contribution in [0, 0.1) is 0 Å². The molecule has 0 spiro atoms. The van der Waals surface area contributed by atoms with Gasteiger partial charge in [-0.1, -0.05) is 53.4 Å². The van der Waals surface area contributed by atoms with Gasteiger partial charge in [-0.25, -0.2) is 28.8 Å². The molecule has 2 fully saturated rings. The largest absolute Gasteiger partial charge is 0.508 e. The number of alkyl halides is 4. The molecule has 2 saturated heterocycles. The molecule has 0 unspecified atom stereocenters. The quantitative estimate of drug-likeness (QED) is 0.0461. The summed E-state index contributed by atoms with van der Waals surface area (Å²) < 4.78 is 115. The lowest BCUT2D eigenvalue weighted by molar-refractivity contribution is -0.152. The van der Waals surface area contributed by atoms with E-state index in [1.807, 2.05) is 13.8 Å². The van der Waals surface area contributed by atoms with Gasteiger partial charge in [0.15, 0.2) is 0 Å². The SMILES string of the molecule is CCCCOC(=O)Nc1ccn([C@H]2O[C@H](COC(=O)CCCC(=O)OC[C@H]3O[C@@H](n4ccc(NC(=O)OCCCC)nc4=O)C(F)(F)[C@@H]3OC(=O)OCCCC)[C@@H](OC(=O)OCCCC)C2(F)F)c(=O)n1. The summed E-state index contributed by atoms with van der Waals surface area (Å²) in [5.74, 6) is -11.1. The second-order valence-corrected chi connectivity index (χ2v) is 15.8. The lowest BCUT2D eigenvalue weighted by Gasteiger charge is -2.24. The first-order valence-corrected chi connectivity index (χ1v) is 23.0. The van der Waals surface area contributed by atoms with Gasteiger partial charge in [0.25, 0.3) is 0 Å². The summed E-state index contributed by atoms with van der Waals surface area (Å²) in [7, 11) is 0. The number of hydrogen-bond acceptors (Lipinski definition) is 20. The second kappa shape index (κ2) is 27.7. The molecular weight excluding hydrogens is 964 g/mol. The Labute approximate surface area is 403 Å². The number of nitrogens with zero attached hydrogens (tertiary/aromatic N) is 4. The average Bonchev–Trinajstić information content (AvgIpc) is 3.70. The second-order valence-electron chi connectivity index (χ2n) is 15.8. The highest BCUT2D eigenvalue weighted by atomic mass is 19.3. The minimum atomic E-state index is -4.17. The van der Waals surface area contributed by atoms with Gasteiger partial charge in [0, 0.05) is 25.2 Å². The summed E-state index contributed by atoms with van der Waals surface area (Å²) >= 11 is 0. The van der Waals surface area contributed by atoms with Crippen LogP contribution in [-0.4, -0.2) is 131 Å². The minimum absolute atomic E-state index is 0.0758. The van der Waals surface area contributed by atoms with Crippen molar-refractivity contribution in [2.45, 2.75) is 147 Å². The zero-order chi connectivity index (χ0) is 52.1. The van der Waals surface area contributed by atoms with Crippen LogP contribution in [0.5, 0.6) is 0 Å². The molecule has 0 saturated carbocycles. The Kier molecular flexibility index (Phi) is 22.3. The molecule has 2 aromatic rings. The predicted molar refractivity (Wildman–Crippen MR) is 232 cm³/mol. The van der Waals surface area contributed by atoms with Crippen molar-refractivity contribution in [3.8, 4) is 0 Å². The lowest BCUT2D eigenvalue weighted by Crippen LogP contribution is -2.45. The molecule has 0 aromatic carbocycles. The topological polar surface area (TPSA) is 289 Å². The summed E-state index contributed by atoms with van der Waals surface area (Å²) in [6, 6.07) is 2.02. The van der Waals surface area contributed by atoms with E-state index in [-0.39, 0.29) is 44.5 Å². The van der Waals surface area contributed by atoms with Crippen molar-refractivity contribution >= 4 is 48.1 Å². The van der Waals surface area contributed by atoms with Gasteiger partial charge in [-0.05, 0) is 44.2 Å². The van der Waals surface area contributed by atoms with Gasteiger partial charge in [0.2, 0.25) is 24.7 Å². The van der Waals surface area contributed by atoms with E-state index < -0.39 is 123 Å². The Balaban J connectivity index is 1.37. The molecule has 71 heavy (non-hydrogen) atoms. The summed E-state index contributed by atoms with van der Waals surface area (Å²) in [5, 5.41) is 4.40. The van der Waals surface area contributed by atoms with Crippen LogP contribution in [-0.2, 0) is 57.0 Å². The average molecular weight is 1020 g/mol. The highest BCUT2D eigenvalue weighted by Gasteiger charge is 2.64. The van der Waals surface area contributed by atoms with Gasteiger partial charge in [-0.15, -0.1) is 0 Å². The minimum Gasteiger partial charge on any atom is -0.463 e. The fraction of sp³-hybridized carbons (Fsp3) is 0.674. The number of amides is 2. The van der Waals surface area contributed by atoms with E-state index in [2.05, 4.69) is 20.6 Å². The Morgan fingerprint density at radius 2 is 0.915 bits per heavy atom. The molecule has 2 N–H and O–H groups in total. The van der Waals surface area contributed by atoms with Gasteiger partial charge >= 0.3 is 59.7 Å². The van der Waals surface area contributed by atoms with E-state index in [4.69, 9.17) is 47.4 Å². The van der Waals surface area contributed by atoms with Gasteiger partial charge in [-0.3, -0.25) is 29.4 Å². The third kappa shape index (κ3) is 16.8. The Bertz CT molecular complexity index is 2080. The van der Waals surface area contributed by atoms with Crippen molar-refractivity contribution in [3.05, 3.63) is 45.5 Å². The molecule has 2 aliphatic heterocycles. The van der Waals surface area contributed by atoms with Crippen LogP contribution in [0.3, 0.4) is 0 Å². The molecule has 28 heteroatoms. The maximum atomic E-state index is 16.0. The van der Waals surface area contributed by atoms with Gasteiger partial charge in [0.1, 0.15) is 37.1 Å². The molecule has 2 aromatic heterocycles. The number of rotatable bonds is 26. The molecule has 24 nitrogen and oxygen atoms in total. The highest BCUT2D eigenvalue weighted by molar-refractivity contribution is 5.83. The number of carbonyl (C=O) groups is 6. The van der Waals surface area contributed by atoms with Gasteiger partial charge in [0.05, 0.1) is 26.4 Å². The summed E-state index contributed by atoms with van der Waals surface area (Å²) in [4.78, 5) is 107. The fourth-order valence-corrected chi connectivity index (χ4v) is 6.46. The van der Waals surface area contributed by atoms with Crippen LogP contribution < -0.4 is 22.0 Å². The zero-order valence-electron chi connectivity index (χ0n) is 39.4. The maximum Gasteiger partial charge on any atom is 0.508 e. The monoisotopic (exact) mass is 1020 g/mol. The highest BCUT2D eigenvalue weighted by Crippen LogP contribution is 2.45. The first-order chi connectivity index (χ1) is 33.8. The normalized spacial score (nSPS) is 20.8. The molecular formula is C43H58F4N6O18. The van der Waals surface area contributed by atoms with Crippen molar-refractivity contribution in [2.75, 3.05) is 50.3 Å². The van der Waals surface area contributed by atoms with Crippen LogP contribution in [0.25, 0.3) is 0 Å². The van der Waals surface area contributed by atoms with Crippen LogP contribution in [0.4, 0.5) is 48.4 Å². The molecule has 396 valence electrons. The van der Waals surface area contributed by atoms with Gasteiger partial charge < -0.3 is 47.4 Å². The van der Waals surface area contributed by atoms with Crippen molar-refractivity contribution < 1.29 is 93.7 Å². The molecule has 4 heterocycles. The maximum absolute atomic E-state index is 16.0. The number of nitrogens with one attached hydrogen (secondary N) is 2. The first kappa shape index (κ1) is 57.0. The third-order valence-electron chi connectivity index (χ3n) is 10.2. The fourth-order valence-electron chi connectivity index (χ4n) is 6.46. The molecule has 6 atom stereocenters. The number of anilines is 2. The number of hydrogen-bond donors (Lipinski definition) is 2. The molecule has 2 aliphatic rings. The predicted octanol–water partition coefficient (Wildman–Crippen LogP) is 6.16. The summed E-state index contributed by atoms with van der Waals surface area (Å²) in [6.45, 7) is 5.17. The van der Waals surface area contributed by atoms with Crippen LogP contribution in [0.2, 0.25) is 0 Å². The molecule has 2 amide bonds. The number of halogens is 4. The van der Waals surface area contributed by atoms with Crippen molar-refractivity contribution in [2.24, 2.45) is 0 Å². The molecule has 0 radical (unpaired) electrons. The van der Waals surface area contributed by atoms with Gasteiger partial charge in [-0.2, -0.15) is 27.5 Å². The number of carbonyl (C=O) groups excluding carboxylic acids is 6. The summed E-state index contributed by atoms with van der Waals surface area (Å²) in [5.41, 5.74) is -2.63. The standard InChI is InChI=1S/C43H58F4N6O18/c1-5-9-20-62-38(58)50-28-16-18-52(36(56)48-28)34-42(44,45)32(70-40(60)64-22-11-7-3)26(68-34)24-66-30(54)14-13-15-31(55)67-25-27-33(71-41(61)65-23-12-8-4)43(46,47)35(69-27)53-19-17-29(49-37(53)57)51-39(59)63-21-10-6-2/h16-19,26-27,32-35H,5-15,20-25H2,1-4H3,(H,48,50,56,58)(H,49,51,57,59)/t26-,27-,32-,33-,34-,35+/m1/s1. The number of ether oxygens (including phenoxy) is 10. The van der Waals surface area contributed by atoms with Crippen LogP contribution in [0.15, 0.2) is 34.1 Å². The zero-order valence-corrected chi connectivity index (χ0v) is 39.4.